The zero-order chi connectivity index (χ0) is 13.6. The van der Waals surface area contributed by atoms with Gasteiger partial charge in [0.1, 0.15) is 6.04 Å². The number of nitrogens with two attached hydrogens (primary N) is 1. The topological polar surface area (TPSA) is 75.4 Å². The van der Waals surface area contributed by atoms with Gasteiger partial charge in [-0.05, 0) is 26.2 Å². The van der Waals surface area contributed by atoms with E-state index in [2.05, 4.69) is 5.32 Å². The number of nitrogens with zero attached hydrogens (tertiary/aromatic N) is 1. The number of carbonyl (C=O) groups is 2. The van der Waals surface area contributed by atoms with E-state index in [0.29, 0.717) is 18.9 Å². The Kier molecular flexibility index (Phi) is 6.80. The van der Waals surface area contributed by atoms with Gasteiger partial charge in [0, 0.05) is 13.6 Å². The van der Waals surface area contributed by atoms with Gasteiger partial charge in [-0.1, -0.05) is 13.8 Å². The molecule has 0 aromatic rings. The number of nitrogens with one attached hydrogen (secondary N) is 1. The summed E-state index contributed by atoms with van der Waals surface area (Å²) in [5.74, 6) is 0.00160. The van der Waals surface area contributed by atoms with Crippen LogP contribution in [-0.4, -0.2) is 42.4 Å². The molecule has 17 heavy (non-hydrogen) atoms. The molecule has 0 aliphatic heterocycles. The summed E-state index contributed by atoms with van der Waals surface area (Å²) in [6.07, 6.45) is 0.621. The summed E-state index contributed by atoms with van der Waals surface area (Å²) in [6.45, 7) is 8.20. The van der Waals surface area contributed by atoms with Crippen LogP contribution in [0.15, 0.2) is 0 Å². The molecule has 5 heteroatoms. The highest BCUT2D eigenvalue weighted by Crippen LogP contribution is 2.03. The standard InChI is InChI=1S/C12H25N3O2/c1-6-15(5)12(17)9(4)14-11(16)10(13)7-8(2)3/h8-10H,6-7,13H2,1-5H3,(H,14,16)/t9?,10-/m1/s1. The van der Waals surface area contributed by atoms with Gasteiger partial charge in [0.15, 0.2) is 0 Å². The van der Waals surface area contributed by atoms with E-state index in [1.54, 1.807) is 18.9 Å². The fourth-order valence-corrected chi connectivity index (χ4v) is 1.48. The maximum Gasteiger partial charge on any atom is 0.244 e. The van der Waals surface area contributed by atoms with Gasteiger partial charge in [-0.15, -0.1) is 0 Å². The minimum atomic E-state index is -0.544. The number of rotatable bonds is 6. The Morgan fingerprint density at radius 2 is 1.82 bits per heavy atom. The summed E-state index contributed by atoms with van der Waals surface area (Å²) in [5, 5.41) is 2.64. The lowest BCUT2D eigenvalue weighted by Gasteiger charge is -2.22. The van der Waals surface area contributed by atoms with Crippen LogP contribution in [-0.2, 0) is 9.59 Å². The minimum Gasteiger partial charge on any atom is -0.344 e. The van der Waals surface area contributed by atoms with Gasteiger partial charge < -0.3 is 16.0 Å². The average molecular weight is 243 g/mol. The molecule has 0 aliphatic carbocycles. The number of hydrogen-bond donors (Lipinski definition) is 2. The summed E-state index contributed by atoms with van der Waals surface area (Å²) >= 11 is 0. The summed E-state index contributed by atoms with van der Waals surface area (Å²) in [6, 6.07) is -1.07. The summed E-state index contributed by atoms with van der Waals surface area (Å²) in [7, 11) is 1.71. The van der Waals surface area contributed by atoms with E-state index < -0.39 is 12.1 Å². The normalized spacial score (nSPS) is 14.3. The smallest absolute Gasteiger partial charge is 0.244 e. The van der Waals surface area contributed by atoms with Crippen LogP contribution in [0.3, 0.4) is 0 Å². The second kappa shape index (κ2) is 7.27. The van der Waals surface area contributed by atoms with Crippen molar-refractivity contribution in [1.82, 2.24) is 10.2 Å². The molecule has 0 spiro atoms. The van der Waals surface area contributed by atoms with Crippen LogP contribution in [0.4, 0.5) is 0 Å². The Morgan fingerprint density at radius 3 is 2.24 bits per heavy atom. The van der Waals surface area contributed by atoms with Gasteiger partial charge in [0.25, 0.3) is 0 Å². The first-order chi connectivity index (χ1) is 7.79. The molecule has 0 saturated carbocycles. The maximum atomic E-state index is 11.7. The second-order valence-electron chi connectivity index (χ2n) is 4.82. The van der Waals surface area contributed by atoms with Crippen molar-refractivity contribution >= 4 is 11.8 Å². The van der Waals surface area contributed by atoms with Crippen molar-refractivity contribution in [1.29, 1.82) is 0 Å². The lowest BCUT2D eigenvalue weighted by Crippen LogP contribution is -2.50. The average Bonchev–Trinajstić information content (AvgIpc) is 2.25. The fourth-order valence-electron chi connectivity index (χ4n) is 1.48. The molecule has 0 aromatic heterocycles. The van der Waals surface area contributed by atoms with Crippen LogP contribution >= 0.6 is 0 Å². The van der Waals surface area contributed by atoms with E-state index in [-0.39, 0.29) is 11.8 Å². The first kappa shape index (κ1) is 15.9. The number of likely N-dealkylation sites (N-methyl/N-ethyl adjacent to an activating group) is 1. The van der Waals surface area contributed by atoms with Gasteiger partial charge in [-0.3, -0.25) is 9.59 Å². The van der Waals surface area contributed by atoms with E-state index in [4.69, 9.17) is 5.73 Å². The van der Waals surface area contributed by atoms with Gasteiger partial charge in [0.2, 0.25) is 11.8 Å². The summed E-state index contributed by atoms with van der Waals surface area (Å²) in [5.41, 5.74) is 5.74. The Morgan fingerprint density at radius 1 is 1.29 bits per heavy atom. The third-order valence-corrected chi connectivity index (χ3v) is 2.64. The molecule has 0 fully saturated rings. The molecule has 3 N–H and O–H groups in total. The van der Waals surface area contributed by atoms with E-state index in [1.807, 2.05) is 20.8 Å². The zero-order valence-electron chi connectivity index (χ0n) is 11.5. The highest BCUT2D eigenvalue weighted by molar-refractivity contribution is 5.89. The SMILES string of the molecule is CCN(C)C(=O)C(C)NC(=O)[C@H](N)CC(C)C. The van der Waals surface area contributed by atoms with Crippen molar-refractivity contribution in [3.8, 4) is 0 Å². The Bertz CT molecular complexity index is 266. The third-order valence-electron chi connectivity index (χ3n) is 2.64. The molecule has 0 rings (SSSR count). The number of carbonyl (C=O) groups excluding carboxylic acids is 2. The number of hydrogen-bond acceptors (Lipinski definition) is 3. The van der Waals surface area contributed by atoms with Crippen molar-refractivity contribution in [2.24, 2.45) is 11.7 Å². The molecule has 0 radical (unpaired) electrons. The van der Waals surface area contributed by atoms with Gasteiger partial charge in [0.05, 0.1) is 6.04 Å². The Hall–Kier alpha value is -1.10. The minimum absolute atomic E-state index is 0.0994. The molecule has 0 aromatic carbocycles. The van der Waals surface area contributed by atoms with Crippen LogP contribution in [0.25, 0.3) is 0 Å². The lowest BCUT2D eigenvalue weighted by atomic mass is 10.0. The van der Waals surface area contributed by atoms with E-state index in [1.165, 1.54) is 0 Å². The first-order valence-electron chi connectivity index (χ1n) is 6.10. The molecule has 0 heterocycles. The van der Waals surface area contributed by atoms with Crippen molar-refractivity contribution < 1.29 is 9.59 Å². The van der Waals surface area contributed by atoms with Gasteiger partial charge >= 0.3 is 0 Å². The van der Waals surface area contributed by atoms with Crippen LogP contribution in [0, 0.1) is 5.92 Å². The molecular formula is C12H25N3O2. The Balaban J connectivity index is 4.24. The molecule has 2 atom stereocenters. The molecular weight excluding hydrogens is 218 g/mol. The van der Waals surface area contributed by atoms with E-state index >= 15 is 0 Å². The fraction of sp³-hybridized carbons (Fsp3) is 0.833. The van der Waals surface area contributed by atoms with Gasteiger partial charge in [-0.25, -0.2) is 0 Å². The van der Waals surface area contributed by atoms with E-state index in [9.17, 15) is 9.59 Å². The highest BCUT2D eigenvalue weighted by Gasteiger charge is 2.22. The monoisotopic (exact) mass is 243 g/mol. The highest BCUT2D eigenvalue weighted by atomic mass is 16.2. The predicted molar refractivity (Wildman–Crippen MR) is 68.3 cm³/mol. The molecule has 100 valence electrons. The first-order valence-corrected chi connectivity index (χ1v) is 6.10. The summed E-state index contributed by atoms with van der Waals surface area (Å²) in [4.78, 5) is 25.0. The molecule has 5 nitrogen and oxygen atoms in total. The van der Waals surface area contributed by atoms with Crippen LogP contribution in [0.2, 0.25) is 0 Å². The zero-order valence-corrected chi connectivity index (χ0v) is 11.5. The largest absolute Gasteiger partial charge is 0.344 e. The van der Waals surface area contributed by atoms with Crippen LogP contribution in [0.5, 0.6) is 0 Å². The van der Waals surface area contributed by atoms with Crippen molar-refractivity contribution in [3.63, 3.8) is 0 Å². The summed E-state index contributed by atoms with van der Waals surface area (Å²) < 4.78 is 0. The van der Waals surface area contributed by atoms with Gasteiger partial charge in [-0.2, -0.15) is 0 Å². The van der Waals surface area contributed by atoms with Crippen molar-refractivity contribution in [2.45, 2.75) is 46.2 Å². The molecule has 2 amide bonds. The van der Waals surface area contributed by atoms with Crippen molar-refractivity contribution in [2.75, 3.05) is 13.6 Å². The quantitative estimate of drug-likeness (QED) is 0.706. The number of amides is 2. The second-order valence-corrected chi connectivity index (χ2v) is 4.82. The third kappa shape index (κ3) is 5.68. The predicted octanol–water partition coefficient (Wildman–Crippen LogP) is 0.343. The maximum absolute atomic E-state index is 11.7. The molecule has 1 unspecified atom stereocenters. The van der Waals surface area contributed by atoms with Crippen LogP contribution in [0.1, 0.15) is 34.1 Å². The lowest BCUT2D eigenvalue weighted by molar-refractivity contribution is -0.135. The van der Waals surface area contributed by atoms with E-state index in [0.717, 1.165) is 0 Å². The van der Waals surface area contributed by atoms with Crippen LogP contribution < -0.4 is 11.1 Å². The molecule has 0 bridgehead atoms. The Labute approximate surface area is 104 Å². The molecule has 0 aliphatic rings. The van der Waals surface area contributed by atoms with Crippen molar-refractivity contribution in [3.05, 3.63) is 0 Å². The molecule has 0 saturated heterocycles.